The normalized spacial score (nSPS) is 19.4. The van der Waals surface area contributed by atoms with Gasteiger partial charge in [0.25, 0.3) is 0 Å². The van der Waals surface area contributed by atoms with E-state index in [0.29, 0.717) is 35.4 Å². The number of carbonyl (C=O) groups excluding carboxylic acids is 1. The van der Waals surface area contributed by atoms with E-state index in [1.54, 1.807) is 30.3 Å². The van der Waals surface area contributed by atoms with Gasteiger partial charge in [0.15, 0.2) is 5.82 Å². The second-order valence-electron chi connectivity index (χ2n) is 6.96. The summed E-state index contributed by atoms with van der Waals surface area (Å²) < 4.78 is 20.2. The van der Waals surface area contributed by atoms with Crippen molar-refractivity contribution in [2.24, 2.45) is 5.73 Å². The summed E-state index contributed by atoms with van der Waals surface area (Å²) in [5.41, 5.74) is 6.29. The first kappa shape index (κ1) is 19.4. The minimum absolute atomic E-state index is 0.0276. The molecule has 3 N–H and O–H groups in total. The van der Waals surface area contributed by atoms with E-state index < -0.39 is 5.82 Å². The van der Waals surface area contributed by atoms with Gasteiger partial charge >= 0.3 is 0 Å². The number of nitrogens with one attached hydrogen (secondary N) is 1. The monoisotopic (exact) mass is 415 g/mol. The molecular formula is C20H19ClFN5O2. The Balaban J connectivity index is 1.56. The zero-order valence-electron chi connectivity index (χ0n) is 15.6. The molecule has 9 heteroatoms. The van der Waals surface area contributed by atoms with Gasteiger partial charge < -0.3 is 15.8 Å². The topological polar surface area (TPSA) is 93.4 Å². The van der Waals surface area contributed by atoms with Crippen LogP contribution < -0.4 is 15.8 Å². The number of anilines is 2. The number of rotatable bonds is 5. The van der Waals surface area contributed by atoms with Crippen LogP contribution >= 0.6 is 11.6 Å². The van der Waals surface area contributed by atoms with Crippen LogP contribution in [0.1, 0.15) is 6.42 Å². The molecule has 7 nitrogen and oxygen atoms in total. The average Bonchev–Trinajstić information content (AvgIpc) is 3.06. The van der Waals surface area contributed by atoms with Crippen LogP contribution in [0.5, 0.6) is 5.75 Å². The summed E-state index contributed by atoms with van der Waals surface area (Å²) in [6.45, 7) is 0.607. The highest BCUT2D eigenvalue weighted by Gasteiger charge is 2.34. The van der Waals surface area contributed by atoms with Gasteiger partial charge in [0, 0.05) is 24.4 Å². The smallest absolute Gasteiger partial charge is 0.234 e. The van der Waals surface area contributed by atoms with Crippen molar-refractivity contribution in [3.05, 3.63) is 53.6 Å². The highest BCUT2D eigenvalue weighted by molar-refractivity contribution is 6.31. The molecule has 1 aliphatic heterocycles. The molecule has 3 aromatic rings. The lowest BCUT2D eigenvalue weighted by Crippen LogP contribution is -2.37. The largest absolute Gasteiger partial charge is 0.489 e. The van der Waals surface area contributed by atoms with E-state index in [4.69, 9.17) is 22.1 Å². The van der Waals surface area contributed by atoms with Gasteiger partial charge in [-0.1, -0.05) is 17.7 Å². The lowest BCUT2D eigenvalue weighted by Gasteiger charge is -2.15. The quantitative estimate of drug-likeness (QED) is 0.665. The number of nitrogens with two attached hydrogens (primary N) is 1. The molecule has 0 aliphatic carbocycles. The number of aromatic nitrogens is 2. The molecular weight excluding hydrogens is 397 g/mol. The fourth-order valence-electron chi connectivity index (χ4n) is 3.50. The van der Waals surface area contributed by atoms with Crippen molar-refractivity contribution in [1.29, 1.82) is 0 Å². The maximum Gasteiger partial charge on any atom is 0.234 e. The van der Waals surface area contributed by atoms with Crippen molar-refractivity contribution >= 4 is 39.9 Å². The van der Waals surface area contributed by atoms with Crippen LogP contribution in [0.25, 0.3) is 10.9 Å². The Bertz CT molecular complexity index is 1080. The Morgan fingerprint density at radius 2 is 2.17 bits per heavy atom. The molecule has 0 unspecified atom stereocenters. The predicted octanol–water partition coefficient (Wildman–Crippen LogP) is 3.10. The second-order valence-corrected chi connectivity index (χ2v) is 7.37. The number of hydrogen-bond acceptors (Lipinski definition) is 6. The van der Waals surface area contributed by atoms with Gasteiger partial charge in [-0.05, 0) is 31.3 Å². The van der Waals surface area contributed by atoms with Crippen molar-refractivity contribution in [1.82, 2.24) is 14.9 Å². The first-order chi connectivity index (χ1) is 13.9. The number of benzene rings is 2. The van der Waals surface area contributed by atoms with Gasteiger partial charge in [-0.2, -0.15) is 0 Å². The number of hydrogen-bond donors (Lipinski definition) is 2. The summed E-state index contributed by atoms with van der Waals surface area (Å²) in [4.78, 5) is 21.9. The molecule has 0 radical (unpaired) electrons. The maximum atomic E-state index is 14.2. The Hall–Kier alpha value is -2.97. The van der Waals surface area contributed by atoms with Crippen molar-refractivity contribution < 1.29 is 13.9 Å². The maximum absolute atomic E-state index is 14.2. The molecule has 150 valence electrons. The fraction of sp³-hybridized carbons (Fsp3) is 0.250. The summed E-state index contributed by atoms with van der Waals surface area (Å²) in [6, 6.07) is 9.77. The van der Waals surface area contributed by atoms with Gasteiger partial charge in [-0.25, -0.2) is 14.4 Å². The van der Waals surface area contributed by atoms with Crippen molar-refractivity contribution in [3.8, 4) is 5.75 Å². The summed E-state index contributed by atoms with van der Waals surface area (Å²) in [5, 5.41) is 3.70. The number of likely N-dealkylation sites (N-methyl/N-ethyl adjacent to an activating group) is 1. The lowest BCUT2D eigenvalue weighted by atomic mass is 10.2. The second kappa shape index (κ2) is 7.81. The number of carbonyl (C=O) groups is 1. The SMILES string of the molecule is CN1C[C@@H](Oc2ccc3c(Nc4cccc(Cl)c4F)ncnc3c2)C[C@H]1C(N)=O. The standard InChI is InChI=1S/C20H19ClFN5O2/c1-27-9-12(8-17(27)19(23)28)29-11-5-6-13-16(7-11)24-10-25-20(13)26-15-4-2-3-14(21)18(15)22/h2-7,10,12,17H,8-9H2,1H3,(H2,23,28)(H,24,25,26)/t12-,17-/m0/s1. The van der Waals surface area contributed by atoms with Crippen LogP contribution in [0, 0.1) is 5.82 Å². The van der Waals surface area contributed by atoms with Gasteiger partial charge in [0.05, 0.1) is 22.3 Å². The third-order valence-corrected chi connectivity index (χ3v) is 5.25. The molecule has 1 aliphatic rings. The molecule has 1 amide bonds. The number of nitrogens with zero attached hydrogens (tertiary/aromatic N) is 3. The predicted molar refractivity (Wildman–Crippen MR) is 109 cm³/mol. The van der Waals surface area contributed by atoms with E-state index in [-0.39, 0.29) is 28.8 Å². The minimum Gasteiger partial charge on any atom is -0.489 e. The zero-order chi connectivity index (χ0) is 20.5. The number of halogens is 2. The summed E-state index contributed by atoms with van der Waals surface area (Å²) >= 11 is 5.84. The first-order valence-corrected chi connectivity index (χ1v) is 9.42. The van der Waals surface area contributed by atoms with Crippen LogP contribution in [-0.2, 0) is 4.79 Å². The van der Waals surface area contributed by atoms with E-state index in [1.807, 2.05) is 11.9 Å². The molecule has 1 fully saturated rings. The summed E-state index contributed by atoms with van der Waals surface area (Å²) in [5.74, 6) is 0.181. The number of likely N-dealkylation sites (tertiary alicyclic amines) is 1. The van der Waals surface area contributed by atoms with Crippen molar-refractivity contribution in [2.75, 3.05) is 18.9 Å². The Morgan fingerprint density at radius 1 is 1.34 bits per heavy atom. The van der Waals surface area contributed by atoms with E-state index in [1.165, 1.54) is 12.4 Å². The minimum atomic E-state index is -0.546. The molecule has 1 aromatic heterocycles. The Morgan fingerprint density at radius 3 is 2.93 bits per heavy atom. The number of fused-ring (bicyclic) bond motifs is 1. The van der Waals surface area contributed by atoms with E-state index in [2.05, 4.69) is 15.3 Å². The van der Waals surface area contributed by atoms with Gasteiger partial charge in [-0.3, -0.25) is 9.69 Å². The van der Waals surface area contributed by atoms with Crippen LogP contribution in [0.15, 0.2) is 42.7 Å². The van der Waals surface area contributed by atoms with Gasteiger partial charge in [0.1, 0.15) is 24.0 Å². The van der Waals surface area contributed by atoms with Crippen LogP contribution in [0.4, 0.5) is 15.9 Å². The van der Waals surface area contributed by atoms with Crippen LogP contribution in [-0.4, -0.2) is 46.5 Å². The van der Waals surface area contributed by atoms with Crippen molar-refractivity contribution in [2.45, 2.75) is 18.6 Å². The highest BCUT2D eigenvalue weighted by atomic mass is 35.5. The molecule has 0 saturated carbocycles. The van der Waals surface area contributed by atoms with E-state index in [9.17, 15) is 9.18 Å². The molecule has 0 bridgehead atoms. The number of primary amides is 1. The van der Waals surface area contributed by atoms with Crippen LogP contribution in [0.3, 0.4) is 0 Å². The molecule has 0 spiro atoms. The third kappa shape index (κ3) is 3.94. The molecule has 4 rings (SSSR count). The zero-order valence-corrected chi connectivity index (χ0v) is 16.4. The molecule has 2 aromatic carbocycles. The van der Waals surface area contributed by atoms with E-state index in [0.717, 1.165) is 0 Å². The molecule has 2 atom stereocenters. The molecule has 29 heavy (non-hydrogen) atoms. The first-order valence-electron chi connectivity index (χ1n) is 9.04. The third-order valence-electron chi connectivity index (χ3n) is 4.95. The lowest BCUT2D eigenvalue weighted by molar-refractivity contribution is -0.121. The average molecular weight is 416 g/mol. The van der Waals surface area contributed by atoms with Crippen LogP contribution in [0.2, 0.25) is 5.02 Å². The molecule has 2 heterocycles. The molecule has 1 saturated heterocycles. The number of ether oxygens (including phenoxy) is 1. The highest BCUT2D eigenvalue weighted by Crippen LogP contribution is 2.30. The number of amides is 1. The Labute approximate surface area is 171 Å². The summed E-state index contributed by atoms with van der Waals surface area (Å²) in [6.07, 6.45) is 1.78. The van der Waals surface area contributed by atoms with Crippen molar-refractivity contribution in [3.63, 3.8) is 0 Å². The fourth-order valence-corrected chi connectivity index (χ4v) is 3.68. The van der Waals surface area contributed by atoms with Gasteiger partial charge in [-0.15, -0.1) is 0 Å². The van der Waals surface area contributed by atoms with E-state index >= 15 is 0 Å². The summed E-state index contributed by atoms with van der Waals surface area (Å²) in [7, 11) is 1.85. The van der Waals surface area contributed by atoms with Gasteiger partial charge in [0.2, 0.25) is 5.91 Å². The Kier molecular flexibility index (Phi) is 5.21.